The molecule has 1 unspecified atom stereocenters. The molecule has 0 aromatic heterocycles. The van der Waals surface area contributed by atoms with Crippen LogP contribution >= 0.6 is 8.69 Å². The van der Waals surface area contributed by atoms with Crippen LogP contribution in [0.1, 0.15) is 52.7 Å². The van der Waals surface area contributed by atoms with E-state index in [0.717, 1.165) is 11.3 Å². The standard InChI is InChI=1S/C14H22O2P/c1-13(2,3)10-7-8-12(16-17-15)11(9-10)14(4,5)6/h7-9,17H,1-6H3/q+1. The summed E-state index contributed by atoms with van der Waals surface area (Å²) in [6, 6.07) is 6.13. The molecule has 0 amide bonds. The molecule has 94 valence electrons. The van der Waals surface area contributed by atoms with E-state index in [0.29, 0.717) is 0 Å². The Balaban J connectivity index is 3.34. The molecular weight excluding hydrogens is 231 g/mol. The molecule has 0 aliphatic carbocycles. The van der Waals surface area contributed by atoms with Crippen molar-refractivity contribution < 1.29 is 9.09 Å². The average molecular weight is 253 g/mol. The Labute approximate surface area is 106 Å². The van der Waals surface area contributed by atoms with Crippen molar-refractivity contribution in [2.75, 3.05) is 0 Å². The molecule has 0 spiro atoms. The lowest BCUT2D eigenvalue weighted by Gasteiger charge is -2.25. The van der Waals surface area contributed by atoms with Gasteiger partial charge in [0.2, 0.25) is 0 Å². The van der Waals surface area contributed by atoms with Crippen molar-refractivity contribution in [3.8, 4) is 5.75 Å². The van der Waals surface area contributed by atoms with Crippen LogP contribution in [-0.4, -0.2) is 0 Å². The van der Waals surface area contributed by atoms with E-state index in [1.807, 2.05) is 12.1 Å². The second-order valence-corrected chi connectivity index (χ2v) is 6.77. The maximum Gasteiger partial charge on any atom is 0.542 e. The Morgan fingerprint density at radius 2 is 1.59 bits per heavy atom. The monoisotopic (exact) mass is 253 g/mol. The molecule has 0 heterocycles. The van der Waals surface area contributed by atoms with Gasteiger partial charge >= 0.3 is 8.69 Å². The molecule has 0 aliphatic rings. The van der Waals surface area contributed by atoms with Crippen LogP contribution in [0.2, 0.25) is 0 Å². The molecule has 0 fully saturated rings. The number of hydrogen-bond acceptors (Lipinski definition) is 2. The van der Waals surface area contributed by atoms with Crippen LogP contribution in [0.5, 0.6) is 5.75 Å². The van der Waals surface area contributed by atoms with Gasteiger partial charge in [0.25, 0.3) is 0 Å². The van der Waals surface area contributed by atoms with Crippen LogP contribution < -0.4 is 4.52 Å². The first-order valence-electron chi connectivity index (χ1n) is 5.85. The topological polar surface area (TPSA) is 26.3 Å². The van der Waals surface area contributed by atoms with Gasteiger partial charge in [-0.3, -0.25) is 4.52 Å². The quantitative estimate of drug-likeness (QED) is 0.720. The van der Waals surface area contributed by atoms with Crippen LogP contribution in [0.25, 0.3) is 0 Å². The number of hydrogen-bond donors (Lipinski definition) is 0. The molecule has 0 saturated carbocycles. The van der Waals surface area contributed by atoms with Crippen LogP contribution in [0.15, 0.2) is 18.2 Å². The molecule has 3 heteroatoms. The number of benzene rings is 1. The van der Waals surface area contributed by atoms with Gasteiger partial charge in [-0.1, -0.05) is 53.7 Å². The van der Waals surface area contributed by atoms with Gasteiger partial charge in [-0.15, -0.1) is 0 Å². The Morgan fingerprint density at radius 1 is 1.00 bits per heavy atom. The minimum atomic E-state index is -0.756. The summed E-state index contributed by atoms with van der Waals surface area (Å²) >= 11 is 0. The summed E-state index contributed by atoms with van der Waals surface area (Å²) in [5.74, 6) is 0.721. The lowest BCUT2D eigenvalue weighted by atomic mass is 9.80. The minimum Gasteiger partial charge on any atom is -0.256 e. The smallest absolute Gasteiger partial charge is 0.256 e. The molecule has 2 nitrogen and oxygen atoms in total. The van der Waals surface area contributed by atoms with E-state index >= 15 is 0 Å². The first-order chi connectivity index (χ1) is 7.66. The fraction of sp³-hybridized carbons (Fsp3) is 0.571. The van der Waals surface area contributed by atoms with E-state index in [1.165, 1.54) is 5.56 Å². The minimum absolute atomic E-state index is 0.0176. The van der Waals surface area contributed by atoms with Crippen LogP contribution in [-0.2, 0) is 15.4 Å². The highest BCUT2D eigenvalue weighted by Gasteiger charge is 2.24. The van der Waals surface area contributed by atoms with Gasteiger partial charge in [-0.2, -0.15) is 0 Å². The largest absolute Gasteiger partial charge is 0.542 e. The summed E-state index contributed by atoms with van der Waals surface area (Å²) in [5, 5.41) is 0. The lowest BCUT2D eigenvalue weighted by Crippen LogP contribution is -2.16. The zero-order chi connectivity index (χ0) is 13.3. The third-order valence-corrected chi connectivity index (χ3v) is 3.11. The third-order valence-electron chi connectivity index (χ3n) is 2.81. The maximum absolute atomic E-state index is 10.7. The first kappa shape index (κ1) is 14.2. The van der Waals surface area contributed by atoms with Gasteiger partial charge in [0, 0.05) is 5.56 Å². The predicted octanol–water partition coefficient (Wildman–Crippen LogP) is 4.60. The number of rotatable bonds is 2. The molecule has 1 atom stereocenters. The Hall–Kier alpha value is -0.880. The summed E-state index contributed by atoms with van der Waals surface area (Å²) in [6.07, 6.45) is 0. The molecule has 1 aromatic rings. The van der Waals surface area contributed by atoms with Gasteiger partial charge in [-0.05, 0) is 27.0 Å². The second kappa shape index (κ2) is 4.78. The zero-order valence-electron chi connectivity index (χ0n) is 11.5. The normalized spacial score (nSPS) is 12.8. The summed E-state index contributed by atoms with van der Waals surface area (Å²) in [7, 11) is -0.756. The Morgan fingerprint density at radius 3 is 2.00 bits per heavy atom. The Kier molecular flexibility index (Phi) is 3.99. The van der Waals surface area contributed by atoms with Crippen molar-refractivity contribution in [2.24, 2.45) is 0 Å². The van der Waals surface area contributed by atoms with E-state index in [4.69, 9.17) is 4.52 Å². The van der Waals surface area contributed by atoms with Gasteiger partial charge in [-0.25, -0.2) is 0 Å². The van der Waals surface area contributed by atoms with E-state index in [2.05, 4.69) is 47.6 Å². The zero-order valence-corrected chi connectivity index (χ0v) is 12.5. The fourth-order valence-corrected chi connectivity index (χ4v) is 1.98. The summed E-state index contributed by atoms with van der Waals surface area (Å²) in [4.78, 5) is 0. The Bertz CT molecular complexity index is 411. The van der Waals surface area contributed by atoms with Crippen LogP contribution in [0, 0.1) is 0 Å². The predicted molar refractivity (Wildman–Crippen MR) is 73.5 cm³/mol. The van der Waals surface area contributed by atoms with Gasteiger partial charge in [0.15, 0.2) is 5.75 Å². The highest BCUT2D eigenvalue weighted by atomic mass is 31.1. The molecular formula is C14H22O2P+. The van der Waals surface area contributed by atoms with Crippen molar-refractivity contribution in [2.45, 2.75) is 52.4 Å². The van der Waals surface area contributed by atoms with Crippen molar-refractivity contribution in [3.63, 3.8) is 0 Å². The third kappa shape index (κ3) is 3.54. The van der Waals surface area contributed by atoms with Gasteiger partial charge < -0.3 is 0 Å². The summed E-state index contributed by atoms with van der Waals surface area (Å²) in [6.45, 7) is 13.0. The van der Waals surface area contributed by atoms with Crippen molar-refractivity contribution in [3.05, 3.63) is 29.3 Å². The van der Waals surface area contributed by atoms with Crippen molar-refractivity contribution >= 4 is 8.69 Å². The SMILES string of the molecule is CC(C)(C)c1ccc(O[PH+]=O)c(C(C)(C)C)c1. The molecule has 17 heavy (non-hydrogen) atoms. The molecule has 0 saturated heterocycles. The molecule has 1 aromatic carbocycles. The van der Waals surface area contributed by atoms with Gasteiger partial charge in [0.1, 0.15) is 0 Å². The summed E-state index contributed by atoms with van der Waals surface area (Å²) in [5.41, 5.74) is 2.46. The van der Waals surface area contributed by atoms with E-state index in [9.17, 15) is 4.57 Å². The summed E-state index contributed by atoms with van der Waals surface area (Å²) < 4.78 is 15.9. The van der Waals surface area contributed by atoms with Crippen molar-refractivity contribution in [1.29, 1.82) is 0 Å². The first-order valence-corrected chi connectivity index (χ1v) is 6.67. The van der Waals surface area contributed by atoms with E-state index in [1.54, 1.807) is 0 Å². The van der Waals surface area contributed by atoms with Crippen LogP contribution in [0.3, 0.4) is 0 Å². The average Bonchev–Trinajstić information content (AvgIpc) is 2.15. The molecule has 1 rings (SSSR count). The lowest BCUT2D eigenvalue weighted by molar-refractivity contribution is 0.500. The highest BCUT2D eigenvalue weighted by molar-refractivity contribution is 7.17. The second-order valence-electron chi connectivity index (χ2n) is 6.40. The molecule has 0 N–H and O–H groups in total. The maximum atomic E-state index is 10.7. The fourth-order valence-electron chi connectivity index (χ4n) is 1.72. The van der Waals surface area contributed by atoms with Crippen LogP contribution in [0.4, 0.5) is 0 Å². The van der Waals surface area contributed by atoms with Crippen molar-refractivity contribution in [1.82, 2.24) is 0 Å². The van der Waals surface area contributed by atoms with E-state index in [-0.39, 0.29) is 10.8 Å². The van der Waals surface area contributed by atoms with E-state index < -0.39 is 8.69 Å². The molecule has 0 aliphatic heterocycles. The molecule has 0 bridgehead atoms. The highest BCUT2D eigenvalue weighted by Crippen LogP contribution is 2.36. The molecule has 0 radical (unpaired) electrons. The van der Waals surface area contributed by atoms with Gasteiger partial charge in [0.05, 0.1) is 0 Å².